The van der Waals surface area contributed by atoms with Gasteiger partial charge in [0.15, 0.2) is 11.5 Å². The molecule has 0 aliphatic carbocycles. The van der Waals surface area contributed by atoms with Crippen molar-refractivity contribution in [1.82, 2.24) is 20.0 Å². The lowest BCUT2D eigenvalue weighted by molar-refractivity contribution is 0.0588. The van der Waals surface area contributed by atoms with Crippen LogP contribution in [0.2, 0.25) is 0 Å². The molecule has 8 heteroatoms. The van der Waals surface area contributed by atoms with E-state index in [2.05, 4.69) is 15.1 Å². The molecule has 4 rings (SSSR count). The zero-order valence-corrected chi connectivity index (χ0v) is 13.4. The van der Waals surface area contributed by atoms with Crippen molar-refractivity contribution in [2.45, 2.75) is 13.5 Å². The van der Waals surface area contributed by atoms with E-state index in [0.717, 1.165) is 31.1 Å². The molecule has 0 saturated carbocycles. The molecule has 1 aromatic carbocycles. The van der Waals surface area contributed by atoms with E-state index in [0.29, 0.717) is 19.0 Å². The number of rotatable bonds is 3. The smallest absolute Gasteiger partial charge is 0.311 e. The second kappa shape index (κ2) is 6.12. The van der Waals surface area contributed by atoms with Gasteiger partial charge in [0.05, 0.1) is 0 Å². The van der Waals surface area contributed by atoms with Crippen molar-refractivity contribution < 1.29 is 18.7 Å². The highest BCUT2D eigenvalue weighted by molar-refractivity contribution is 5.89. The number of carbonyl (C=O) groups excluding carboxylic acids is 1. The van der Waals surface area contributed by atoms with Gasteiger partial charge in [0.1, 0.15) is 0 Å². The summed E-state index contributed by atoms with van der Waals surface area (Å²) in [5.74, 6) is 1.87. The zero-order valence-electron chi connectivity index (χ0n) is 13.4. The Balaban J connectivity index is 1.34. The Morgan fingerprint density at radius 3 is 2.67 bits per heavy atom. The number of piperazine rings is 1. The van der Waals surface area contributed by atoms with E-state index < -0.39 is 0 Å². The molecule has 24 heavy (non-hydrogen) atoms. The Hall–Kier alpha value is -2.61. The van der Waals surface area contributed by atoms with E-state index in [1.807, 2.05) is 18.2 Å². The van der Waals surface area contributed by atoms with Crippen molar-refractivity contribution in [2.75, 3.05) is 33.0 Å². The number of ether oxygens (including phenoxy) is 2. The topological polar surface area (TPSA) is 80.9 Å². The van der Waals surface area contributed by atoms with Crippen LogP contribution in [0.5, 0.6) is 11.5 Å². The van der Waals surface area contributed by atoms with Crippen molar-refractivity contribution in [3.8, 4) is 11.5 Å². The number of hydrogen-bond donors (Lipinski definition) is 0. The predicted octanol–water partition coefficient (Wildman–Crippen LogP) is 1.06. The van der Waals surface area contributed by atoms with E-state index >= 15 is 0 Å². The van der Waals surface area contributed by atoms with E-state index in [-0.39, 0.29) is 18.6 Å². The van der Waals surface area contributed by atoms with Crippen molar-refractivity contribution in [1.29, 1.82) is 0 Å². The number of aromatic nitrogens is 2. The molecule has 0 radical (unpaired) electrons. The first-order chi connectivity index (χ1) is 11.7. The van der Waals surface area contributed by atoms with E-state index in [9.17, 15) is 4.79 Å². The van der Waals surface area contributed by atoms with Gasteiger partial charge in [0, 0.05) is 39.6 Å². The summed E-state index contributed by atoms with van der Waals surface area (Å²) in [5.41, 5.74) is 1.17. The van der Waals surface area contributed by atoms with Crippen LogP contribution in [0.4, 0.5) is 0 Å². The molecule has 0 spiro atoms. The second-order valence-corrected chi connectivity index (χ2v) is 5.88. The molecule has 3 heterocycles. The first-order valence-electron chi connectivity index (χ1n) is 7.89. The standard InChI is InChI=1S/C16H18N4O4/c1-11-17-18-15(24-11)16(21)20-6-4-19(5-7-20)9-12-2-3-13-14(8-12)23-10-22-13/h2-3,8H,4-7,9-10H2,1H3. The fourth-order valence-corrected chi connectivity index (χ4v) is 2.92. The molecule has 126 valence electrons. The largest absolute Gasteiger partial charge is 0.454 e. The summed E-state index contributed by atoms with van der Waals surface area (Å²) in [6.07, 6.45) is 0. The highest BCUT2D eigenvalue weighted by Crippen LogP contribution is 2.32. The van der Waals surface area contributed by atoms with Crippen molar-refractivity contribution in [3.63, 3.8) is 0 Å². The van der Waals surface area contributed by atoms with Gasteiger partial charge in [-0.15, -0.1) is 10.2 Å². The number of fused-ring (bicyclic) bond motifs is 1. The van der Waals surface area contributed by atoms with Crippen LogP contribution in [0.1, 0.15) is 22.1 Å². The summed E-state index contributed by atoms with van der Waals surface area (Å²) in [5, 5.41) is 7.50. The molecule has 0 atom stereocenters. The zero-order chi connectivity index (χ0) is 16.5. The van der Waals surface area contributed by atoms with Crippen LogP contribution in [0.3, 0.4) is 0 Å². The predicted molar refractivity (Wildman–Crippen MR) is 82.8 cm³/mol. The van der Waals surface area contributed by atoms with Gasteiger partial charge in [-0.1, -0.05) is 6.07 Å². The van der Waals surface area contributed by atoms with Crippen LogP contribution in [0.15, 0.2) is 22.6 Å². The summed E-state index contributed by atoms with van der Waals surface area (Å²) in [7, 11) is 0. The number of nitrogens with zero attached hydrogens (tertiary/aromatic N) is 4. The molecule has 2 aromatic rings. The van der Waals surface area contributed by atoms with Crippen LogP contribution in [-0.4, -0.2) is 58.9 Å². The van der Waals surface area contributed by atoms with Gasteiger partial charge in [-0.25, -0.2) is 0 Å². The molecule has 2 aliphatic rings. The Morgan fingerprint density at radius 1 is 1.12 bits per heavy atom. The van der Waals surface area contributed by atoms with Crippen molar-refractivity contribution in [2.24, 2.45) is 0 Å². The maximum absolute atomic E-state index is 12.3. The third-order valence-electron chi connectivity index (χ3n) is 4.21. The Morgan fingerprint density at radius 2 is 1.92 bits per heavy atom. The average molecular weight is 330 g/mol. The summed E-state index contributed by atoms with van der Waals surface area (Å²) in [6, 6.07) is 6.00. The number of carbonyl (C=O) groups is 1. The van der Waals surface area contributed by atoms with E-state index in [1.165, 1.54) is 5.56 Å². The minimum Gasteiger partial charge on any atom is -0.454 e. The van der Waals surface area contributed by atoms with Crippen LogP contribution < -0.4 is 9.47 Å². The minimum atomic E-state index is -0.196. The van der Waals surface area contributed by atoms with Gasteiger partial charge >= 0.3 is 11.8 Å². The van der Waals surface area contributed by atoms with Crippen molar-refractivity contribution >= 4 is 5.91 Å². The van der Waals surface area contributed by atoms with E-state index in [1.54, 1.807) is 11.8 Å². The molecule has 1 saturated heterocycles. The lowest BCUT2D eigenvalue weighted by Gasteiger charge is -2.34. The van der Waals surface area contributed by atoms with E-state index in [4.69, 9.17) is 13.9 Å². The second-order valence-electron chi connectivity index (χ2n) is 5.88. The molecular weight excluding hydrogens is 312 g/mol. The summed E-state index contributed by atoms with van der Waals surface area (Å²) in [4.78, 5) is 16.3. The third-order valence-corrected chi connectivity index (χ3v) is 4.21. The fraction of sp³-hybridized carbons (Fsp3) is 0.438. The fourth-order valence-electron chi connectivity index (χ4n) is 2.92. The quantitative estimate of drug-likeness (QED) is 0.832. The first kappa shape index (κ1) is 14.9. The highest BCUT2D eigenvalue weighted by Gasteiger charge is 2.26. The lowest BCUT2D eigenvalue weighted by Crippen LogP contribution is -2.48. The van der Waals surface area contributed by atoms with Crippen LogP contribution >= 0.6 is 0 Å². The Labute approximate surface area is 139 Å². The summed E-state index contributed by atoms with van der Waals surface area (Å²) < 4.78 is 15.9. The molecule has 1 fully saturated rings. The summed E-state index contributed by atoms with van der Waals surface area (Å²) >= 11 is 0. The maximum atomic E-state index is 12.3. The van der Waals surface area contributed by atoms with Gasteiger partial charge in [-0.05, 0) is 17.7 Å². The number of amides is 1. The van der Waals surface area contributed by atoms with Gasteiger partial charge in [0.25, 0.3) is 0 Å². The molecule has 0 unspecified atom stereocenters. The van der Waals surface area contributed by atoms with Crippen LogP contribution in [-0.2, 0) is 6.54 Å². The lowest BCUT2D eigenvalue weighted by atomic mass is 10.1. The molecule has 0 N–H and O–H groups in total. The molecule has 0 bridgehead atoms. The van der Waals surface area contributed by atoms with Gasteiger partial charge in [-0.2, -0.15) is 0 Å². The minimum absolute atomic E-state index is 0.0664. The summed E-state index contributed by atoms with van der Waals surface area (Å²) in [6.45, 7) is 5.66. The maximum Gasteiger partial charge on any atom is 0.311 e. The molecular formula is C16H18N4O4. The van der Waals surface area contributed by atoms with Gasteiger partial charge in [0.2, 0.25) is 12.7 Å². The number of aryl methyl sites for hydroxylation is 1. The number of hydrogen-bond acceptors (Lipinski definition) is 7. The van der Waals surface area contributed by atoms with Crippen LogP contribution in [0.25, 0.3) is 0 Å². The molecule has 8 nitrogen and oxygen atoms in total. The molecule has 1 amide bonds. The van der Waals surface area contributed by atoms with Crippen molar-refractivity contribution in [3.05, 3.63) is 35.5 Å². The monoisotopic (exact) mass is 330 g/mol. The average Bonchev–Trinajstić information content (AvgIpc) is 3.23. The van der Waals surface area contributed by atoms with Crippen LogP contribution in [0, 0.1) is 6.92 Å². The Kier molecular flexibility index (Phi) is 3.81. The first-order valence-corrected chi connectivity index (χ1v) is 7.89. The SMILES string of the molecule is Cc1nnc(C(=O)N2CCN(Cc3ccc4c(c3)OCO4)CC2)o1. The highest BCUT2D eigenvalue weighted by atomic mass is 16.7. The molecule has 1 aromatic heterocycles. The van der Waals surface area contributed by atoms with Gasteiger partial charge < -0.3 is 18.8 Å². The third kappa shape index (κ3) is 2.92. The van der Waals surface area contributed by atoms with Gasteiger partial charge in [-0.3, -0.25) is 9.69 Å². The Bertz CT molecular complexity index is 752. The normalized spacial score (nSPS) is 17.3. The molecule has 2 aliphatic heterocycles. The number of benzene rings is 1.